The summed E-state index contributed by atoms with van der Waals surface area (Å²) in [6, 6.07) is 4.67. The largest absolute Gasteiger partial charge is 0.278 e. The Labute approximate surface area is 130 Å². The molecule has 0 fully saturated rings. The topological polar surface area (TPSA) is 81.1 Å². The van der Waals surface area contributed by atoms with Gasteiger partial charge in [-0.05, 0) is 19.1 Å². The van der Waals surface area contributed by atoms with Gasteiger partial charge in [0.05, 0.1) is 32.6 Å². The van der Waals surface area contributed by atoms with Crippen LogP contribution >= 0.6 is 11.6 Å². The molecule has 1 aromatic heterocycles. The van der Waals surface area contributed by atoms with Gasteiger partial charge in [-0.3, -0.25) is 13.6 Å². The van der Waals surface area contributed by atoms with Crippen LogP contribution in [0.5, 0.6) is 0 Å². The highest BCUT2D eigenvalue weighted by Crippen LogP contribution is 2.29. The number of benzene rings is 1. The molecule has 0 spiro atoms. The zero-order valence-electron chi connectivity index (χ0n) is 11.4. The van der Waals surface area contributed by atoms with E-state index in [1.165, 1.54) is 29.4 Å². The van der Waals surface area contributed by atoms with Crippen molar-refractivity contribution in [3.63, 3.8) is 0 Å². The van der Waals surface area contributed by atoms with Crippen LogP contribution in [-0.2, 0) is 27.4 Å². The number of halogens is 1. The Hall–Kier alpha value is -1.38. The molecule has 1 unspecified atom stereocenters. The van der Waals surface area contributed by atoms with Crippen molar-refractivity contribution in [2.75, 3.05) is 11.0 Å². The first-order valence-electron chi connectivity index (χ1n) is 6.02. The fourth-order valence-electron chi connectivity index (χ4n) is 1.74. The minimum absolute atomic E-state index is 0.0390. The van der Waals surface area contributed by atoms with E-state index in [9.17, 15) is 12.6 Å². The Morgan fingerprint density at radius 1 is 1.43 bits per heavy atom. The van der Waals surface area contributed by atoms with Gasteiger partial charge in [0.25, 0.3) is 10.0 Å². The average molecular weight is 348 g/mol. The van der Waals surface area contributed by atoms with Crippen molar-refractivity contribution in [2.24, 2.45) is 0 Å². The second kappa shape index (κ2) is 6.17. The van der Waals surface area contributed by atoms with E-state index in [-0.39, 0.29) is 20.5 Å². The minimum Gasteiger partial charge on any atom is -0.278 e. The van der Waals surface area contributed by atoms with Crippen LogP contribution in [0, 0.1) is 0 Å². The monoisotopic (exact) mass is 347 g/mol. The number of nitrogens with one attached hydrogen (secondary N) is 1. The first-order valence-corrected chi connectivity index (χ1v) is 9.44. The van der Waals surface area contributed by atoms with Gasteiger partial charge >= 0.3 is 0 Å². The van der Waals surface area contributed by atoms with Crippen LogP contribution in [0.1, 0.15) is 6.92 Å². The number of hydrogen-bond acceptors (Lipinski definition) is 4. The molecule has 1 N–H and O–H groups in total. The van der Waals surface area contributed by atoms with Gasteiger partial charge in [0.15, 0.2) is 0 Å². The summed E-state index contributed by atoms with van der Waals surface area (Å²) in [5.41, 5.74) is 0.201. The molecule has 21 heavy (non-hydrogen) atoms. The molecule has 0 aliphatic heterocycles. The van der Waals surface area contributed by atoms with E-state index in [1.54, 1.807) is 12.1 Å². The summed E-state index contributed by atoms with van der Waals surface area (Å²) in [5.74, 6) is 0. The predicted octanol–water partition coefficient (Wildman–Crippen LogP) is 2.09. The van der Waals surface area contributed by atoms with Gasteiger partial charge in [-0.25, -0.2) is 8.42 Å². The maximum atomic E-state index is 12.3. The second-order valence-electron chi connectivity index (χ2n) is 4.21. The number of sulfonamides is 1. The molecule has 0 saturated heterocycles. The van der Waals surface area contributed by atoms with E-state index >= 15 is 0 Å². The quantitative estimate of drug-likeness (QED) is 0.898. The molecule has 0 aliphatic carbocycles. The maximum absolute atomic E-state index is 12.3. The molecule has 2 aromatic rings. The lowest BCUT2D eigenvalue weighted by atomic mass is 10.3. The molecule has 1 atom stereocenters. The molecule has 0 saturated carbocycles. The molecule has 0 aliphatic rings. The summed E-state index contributed by atoms with van der Waals surface area (Å²) in [6.07, 6.45) is 4.13. The van der Waals surface area contributed by atoms with Gasteiger partial charge in [0.1, 0.15) is 4.90 Å². The molecule has 9 heteroatoms. The fraction of sp³-hybridized carbons (Fsp3) is 0.250. The highest BCUT2D eigenvalue weighted by atomic mass is 35.5. The lowest BCUT2D eigenvalue weighted by Crippen LogP contribution is -2.14. The summed E-state index contributed by atoms with van der Waals surface area (Å²) >= 11 is 5.98. The molecule has 2 rings (SSSR count). The van der Waals surface area contributed by atoms with Gasteiger partial charge < -0.3 is 0 Å². The van der Waals surface area contributed by atoms with E-state index in [2.05, 4.69) is 9.82 Å². The van der Waals surface area contributed by atoms with Crippen LogP contribution in [-0.4, -0.2) is 28.7 Å². The highest BCUT2D eigenvalue weighted by molar-refractivity contribution is 7.92. The van der Waals surface area contributed by atoms with Crippen LogP contribution in [0.3, 0.4) is 0 Å². The Morgan fingerprint density at radius 2 is 2.14 bits per heavy atom. The Kier molecular flexibility index (Phi) is 4.70. The van der Waals surface area contributed by atoms with Crippen molar-refractivity contribution < 1.29 is 12.6 Å². The van der Waals surface area contributed by atoms with Gasteiger partial charge in [-0.15, -0.1) is 0 Å². The zero-order valence-corrected chi connectivity index (χ0v) is 13.8. The third kappa shape index (κ3) is 3.45. The van der Waals surface area contributed by atoms with Gasteiger partial charge in [0, 0.05) is 19.0 Å². The molecule has 0 radical (unpaired) electrons. The normalized spacial score (nSPS) is 13.1. The van der Waals surface area contributed by atoms with Crippen LogP contribution in [0.25, 0.3) is 0 Å². The van der Waals surface area contributed by atoms with Crippen LogP contribution in [0.2, 0.25) is 5.02 Å². The zero-order chi connectivity index (χ0) is 15.6. The van der Waals surface area contributed by atoms with Crippen LogP contribution in [0.4, 0.5) is 5.69 Å². The van der Waals surface area contributed by atoms with E-state index in [0.29, 0.717) is 6.54 Å². The van der Waals surface area contributed by atoms with Crippen molar-refractivity contribution in [1.82, 2.24) is 9.78 Å². The number of nitrogens with zero attached hydrogens (tertiary/aromatic N) is 2. The Bertz CT molecular complexity index is 787. The lowest BCUT2D eigenvalue weighted by molar-refractivity contribution is 0.600. The maximum Gasteiger partial charge on any atom is 0.265 e. The van der Waals surface area contributed by atoms with Crippen molar-refractivity contribution in [1.29, 1.82) is 0 Å². The number of hydrogen-bond donors (Lipinski definition) is 1. The molecule has 6 nitrogen and oxygen atoms in total. The van der Waals surface area contributed by atoms with E-state index in [1.807, 2.05) is 6.92 Å². The highest BCUT2D eigenvalue weighted by Gasteiger charge is 2.20. The summed E-state index contributed by atoms with van der Waals surface area (Å²) in [5, 5.41) is 4.18. The van der Waals surface area contributed by atoms with E-state index in [0.717, 1.165) is 0 Å². The number of anilines is 1. The molecule has 1 aromatic carbocycles. The summed E-state index contributed by atoms with van der Waals surface area (Å²) in [7, 11) is -5.22. The summed E-state index contributed by atoms with van der Waals surface area (Å²) in [6.45, 7) is 2.42. The second-order valence-corrected chi connectivity index (χ2v) is 7.61. The van der Waals surface area contributed by atoms with Gasteiger partial charge in [0.2, 0.25) is 0 Å². The van der Waals surface area contributed by atoms with Crippen molar-refractivity contribution in [3.8, 4) is 0 Å². The van der Waals surface area contributed by atoms with E-state index < -0.39 is 20.8 Å². The molecular formula is C12H14ClN3O3S2. The van der Waals surface area contributed by atoms with E-state index in [4.69, 9.17) is 11.6 Å². The molecule has 0 amide bonds. The third-order valence-corrected chi connectivity index (χ3v) is 5.50. The smallest absolute Gasteiger partial charge is 0.265 e. The standard InChI is InChI=1S/C12H14ClN3O3S2/c1-3-16-8-9(7-14-16)21(18,19)15-11-6-4-5-10(13)12(11)20(2)17/h4-8,15H,3H2,1-2H3. The van der Waals surface area contributed by atoms with Crippen molar-refractivity contribution >= 4 is 38.1 Å². The first-order chi connectivity index (χ1) is 9.85. The molecule has 114 valence electrons. The predicted molar refractivity (Wildman–Crippen MR) is 82.5 cm³/mol. The average Bonchev–Trinajstić information content (AvgIpc) is 2.87. The van der Waals surface area contributed by atoms with Crippen molar-refractivity contribution in [2.45, 2.75) is 23.3 Å². The van der Waals surface area contributed by atoms with Gasteiger partial charge in [-0.1, -0.05) is 17.7 Å². The van der Waals surface area contributed by atoms with Crippen LogP contribution < -0.4 is 4.72 Å². The minimum atomic E-state index is -3.80. The van der Waals surface area contributed by atoms with Crippen LogP contribution in [0.15, 0.2) is 40.4 Å². The number of aryl methyl sites for hydroxylation is 1. The Morgan fingerprint density at radius 3 is 2.71 bits per heavy atom. The lowest BCUT2D eigenvalue weighted by Gasteiger charge is -2.11. The molecule has 0 bridgehead atoms. The Balaban J connectivity index is 2.42. The fourth-order valence-corrected chi connectivity index (χ4v) is 4.10. The van der Waals surface area contributed by atoms with Crippen molar-refractivity contribution in [3.05, 3.63) is 35.6 Å². The molecular weight excluding hydrogens is 334 g/mol. The molecule has 1 heterocycles. The number of rotatable bonds is 5. The third-order valence-electron chi connectivity index (χ3n) is 2.74. The SMILES string of the molecule is CCn1cc(S(=O)(=O)Nc2cccc(Cl)c2S(C)=O)cn1. The summed E-state index contributed by atoms with van der Waals surface area (Å²) < 4.78 is 40.3. The summed E-state index contributed by atoms with van der Waals surface area (Å²) in [4.78, 5) is 0.294. The first kappa shape index (κ1) is 16.0. The number of aromatic nitrogens is 2. The van der Waals surface area contributed by atoms with Gasteiger partial charge in [-0.2, -0.15) is 5.10 Å².